The van der Waals surface area contributed by atoms with Crippen LogP contribution >= 0.6 is 11.6 Å². The number of carbonyl (C=O) groups is 1. The van der Waals surface area contributed by atoms with Gasteiger partial charge >= 0.3 is 0 Å². The van der Waals surface area contributed by atoms with E-state index in [1.807, 2.05) is 24.3 Å². The number of anilines is 1. The van der Waals surface area contributed by atoms with Gasteiger partial charge in [0.1, 0.15) is 10.7 Å². The molecule has 5 aromatic rings. The lowest BCUT2D eigenvalue weighted by Crippen LogP contribution is -2.12. The summed E-state index contributed by atoms with van der Waals surface area (Å²) in [5, 5.41) is 26.8. The second kappa shape index (κ2) is 8.68. The highest BCUT2D eigenvalue weighted by Gasteiger charge is 2.17. The molecular weight excluding hydrogens is 458 g/mol. The molecule has 0 aliphatic rings. The number of amides is 1. The molecule has 0 unspecified atom stereocenters. The summed E-state index contributed by atoms with van der Waals surface area (Å²) in [6.45, 7) is 0. The van der Waals surface area contributed by atoms with E-state index in [2.05, 4.69) is 25.6 Å². The Morgan fingerprint density at radius 2 is 1.85 bits per heavy atom. The smallest absolute Gasteiger partial charge is 0.288 e. The van der Waals surface area contributed by atoms with E-state index < -0.39 is 10.8 Å². The molecule has 3 heterocycles. The van der Waals surface area contributed by atoms with Crippen molar-refractivity contribution < 1.29 is 9.72 Å². The molecule has 0 saturated carbocycles. The Morgan fingerprint density at radius 3 is 2.65 bits per heavy atom. The Balaban J connectivity index is 1.45. The molecule has 10 nitrogen and oxygen atoms in total. The third-order valence-corrected chi connectivity index (χ3v) is 5.30. The standard InChI is InChI=1S/C23H14ClN7O3/c24-17-8-7-15(13-20(17)31(33)34)23(32)26-16-5-3-4-14(12-16)18-9-10-21-27-28-22(30(21)29-18)19-6-1-2-11-25-19/h1-13H,(H,26,32). The minimum absolute atomic E-state index is 0.0379. The third kappa shape index (κ3) is 4.05. The van der Waals surface area contributed by atoms with E-state index in [1.54, 1.807) is 41.0 Å². The number of nitrogens with one attached hydrogen (secondary N) is 1. The summed E-state index contributed by atoms with van der Waals surface area (Å²) in [6, 6.07) is 20.1. The molecule has 0 saturated heterocycles. The van der Waals surface area contributed by atoms with Crippen molar-refractivity contribution in [3.8, 4) is 22.8 Å². The first-order valence-corrected chi connectivity index (χ1v) is 10.4. The van der Waals surface area contributed by atoms with Gasteiger partial charge in [0.15, 0.2) is 5.65 Å². The molecule has 0 spiro atoms. The zero-order chi connectivity index (χ0) is 23.7. The fourth-order valence-corrected chi connectivity index (χ4v) is 3.54. The fraction of sp³-hybridized carbons (Fsp3) is 0. The van der Waals surface area contributed by atoms with Crippen molar-refractivity contribution >= 4 is 34.5 Å². The number of pyridine rings is 1. The number of halogens is 1. The number of nitro groups is 1. The van der Waals surface area contributed by atoms with Crippen molar-refractivity contribution in [2.45, 2.75) is 0 Å². The molecule has 0 fully saturated rings. The molecule has 166 valence electrons. The lowest BCUT2D eigenvalue weighted by Gasteiger charge is -2.08. The summed E-state index contributed by atoms with van der Waals surface area (Å²) in [6.07, 6.45) is 1.67. The fourth-order valence-electron chi connectivity index (χ4n) is 3.35. The van der Waals surface area contributed by atoms with Crippen LogP contribution in [0.4, 0.5) is 11.4 Å². The lowest BCUT2D eigenvalue weighted by atomic mass is 10.1. The summed E-state index contributed by atoms with van der Waals surface area (Å²) in [7, 11) is 0. The van der Waals surface area contributed by atoms with Crippen LogP contribution in [0.2, 0.25) is 5.02 Å². The Hall–Kier alpha value is -4.70. The number of aromatic nitrogens is 5. The van der Waals surface area contributed by atoms with Crippen molar-refractivity contribution in [1.82, 2.24) is 24.8 Å². The van der Waals surface area contributed by atoms with Crippen LogP contribution in [0, 0.1) is 10.1 Å². The van der Waals surface area contributed by atoms with E-state index in [0.29, 0.717) is 28.5 Å². The highest BCUT2D eigenvalue weighted by molar-refractivity contribution is 6.32. The quantitative estimate of drug-likeness (QED) is 0.291. The lowest BCUT2D eigenvalue weighted by molar-refractivity contribution is -0.384. The van der Waals surface area contributed by atoms with E-state index in [1.165, 1.54) is 12.1 Å². The average Bonchev–Trinajstić information content (AvgIpc) is 3.28. The summed E-state index contributed by atoms with van der Waals surface area (Å²) in [4.78, 5) is 27.5. The largest absolute Gasteiger partial charge is 0.322 e. The molecule has 0 aliphatic heterocycles. The Kier molecular flexibility index (Phi) is 5.40. The van der Waals surface area contributed by atoms with E-state index in [0.717, 1.165) is 11.6 Å². The van der Waals surface area contributed by atoms with Crippen molar-refractivity contribution in [2.75, 3.05) is 5.32 Å². The number of fused-ring (bicyclic) bond motifs is 1. The minimum Gasteiger partial charge on any atom is -0.322 e. The molecule has 3 aromatic heterocycles. The molecule has 34 heavy (non-hydrogen) atoms. The van der Waals surface area contributed by atoms with Crippen LogP contribution in [0.15, 0.2) is 79.0 Å². The summed E-state index contributed by atoms with van der Waals surface area (Å²) in [5.41, 5.74) is 2.85. The van der Waals surface area contributed by atoms with E-state index in [4.69, 9.17) is 11.6 Å². The van der Waals surface area contributed by atoms with Gasteiger partial charge in [0, 0.05) is 29.1 Å². The van der Waals surface area contributed by atoms with Crippen LogP contribution in [-0.2, 0) is 0 Å². The summed E-state index contributed by atoms with van der Waals surface area (Å²) < 4.78 is 1.61. The van der Waals surface area contributed by atoms with Gasteiger partial charge in [0.25, 0.3) is 11.6 Å². The highest BCUT2D eigenvalue weighted by Crippen LogP contribution is 2.26. The molecule has 1 N–H and O–H groups in total. The van der Waals surface area contributed by atoms with Gasteiger partial charge in [-0.2, -0.15) is 9.61 Å². The van der Waals surface area contributed by atoms with Gasteiger partial charge in [-0.25, -0.2) is 0 Å². The van der Waals surface area contributed by atoms with Crippen LogP contribution in [0.25, 0.3) is 28.4 Å². The molecule has 11 heteroatoms. The number of nitro benzene ring substituents is 1. The molecular formula is C23H14ClN7O3. The first-order valence-electron chi connectivity index (χ1n) is 9.99. The third-order valence-electron chi connectivity index (χ3n) is 4.98. The van der Waals surface area contributed by atoms with Gasteiger partial charge in [-0.3, -0.25) is 19.9 Å². The molecule has 0 atom stereocenters. The number of benzene rings is 2. The maximum atomic E-state index is 12.7. The molecule has 5 rings (SSSR count). The summed E-state index contributed by atoms with van der Waals surface area (Å²) >= 11 is 5.83. The second-order valence-electron chi connectivity index (χ2n) is 7.19. The van der Waals surface area contributed by atoms with Gasteiger partial charge < -0.3 is 5.32 Å². The predicted molar refractivity (Wildman–Crippen MR) is 126 cm³/mol. The highest BCUT2D eigenvalue weighted by atomic mass is 35.5. The minimum atomic E-state index is -0.633. The van der Waals surface area contributed by atoms with Gasteiger partial charge in [-0.15, -0.1) is 10.2 Å². The van der Waals surface area contributed by atoms with Crippen LogP contribution in [0.1, 0.15) is 10.4 Å². The number of hydrogen-bond acceptors (Lipinski definition) is 7. The SMILES string of the molecule is O=C(Nc1cccc(-c2ccc3nnc(-c4ccccn4)n3n2)c1)c1ccc(Cl)c([N+](=O)[O-])c1. The monoisotopic (exact) mass is 471 g/mol. The molecule has 0 radical (unpaired) electrons. The predicted octanol–water partition coefficient (Wildman–Crippen LogP) is 4.67. The zero-order valence-electron chi connectivity index (χ0n) is 17.3. The van der Waals surface area contributed by atoms with Crippen molar-refractivity contribution in [2.24, 2.45) is 0 Å². The second-order valence-corrected chi connectivity index (χ2v) is 7.59. The van der Waals surface area contributed by atoms with Crippen LogP contribution < -0.4 is 5.32 Å². The van der Waals surface area contributed by atoms with Crippen LogP contribution in [0.3, 0.4) is 0 Å². The van der Waals surface area contributed by atoms with E-state index >= 15 is 0 Å². The Bertz CT molecular complexity index is 1550. The first kappa shape index (κ1) is 21.2. The maximum Gasteiger partial charge on any atom is 0.288 e. The van der Waals surface area contributed by atoms with Gasteiger partial charge in [0.2, 0.25) is 5.82 Å². The average molecular weight is 472 g/mol. The van der Waals surface area contributed by atoms with Gasteiger partial charge in [-0.05, 0) is 48.5 Å². The van der Waals surface area contributed by atoms with Crippen molar-refractivity contribution in [1.29, 1.82) is 0 Å². The van der Waals surface area contributed by atoms with Crippen LogP contribution in [-0.4, -0.2) is 35.6 Å². The summed E-state index contributed by atoms with van der Waals surface area (Å²) in [5.74, 6) is 0.00261. The topological polar surface area (TPSA) is 128 Å². The molecule has 0 aliphatic carbocycles. The molecule has 0 bridgehead atoms. The van der Waals surface area contributed by atoms with Crippen molar-refractivity contribution in [3.05, 3.63) is 99.7 Å². The van der Waals surface area contributed by atoms with Crippen LogP contribution in [0.5, 0.6) is 0 Å². The Morgan fingerprint density at radius 1 is 0.971 bits per heavy atom. The maximum absolute atomic E-state index is 12.7. The number of rotatable bonds is 5. The Labute approximate surface area is 197 Å². The zero-order valence-corrected chi connectivity index (χ0v) is 18.0. The van der Waals surface area contributed by atoms with E-state index in [-0.39, 0.29) is 16.3 Å². The number of hydrogen-bond donors (Lipinski definition) is 1. The number of carbonyl (C=O) groups excluding carboxylic acids is 1. The van der Waals surface area contributed by atoms with Gasteiger partial charge in [0.05, 0.1) is 10.6 Å². The normalized spacial score (nSPS) is 10.9. The molecule has 1 amide bonds. The molecule has 2 aromatic carbocycles. The van der Waals surface area contributed by atoms with Crippen molar-refractivity contribution in [3.63, 3.8) is 0 Å². The number of nitrogens with zero attached hydrogens (tertiary/aromatic N) is 6. The first-order chi connectivity index (χ1) is 16.5. The van der Waals surface area contributed by atoms with E-state index in [9.17, 15) is 14.9 Å². The van der Waals surface area contributed by atoms with Gasteiger partial charge in [-0.1, -0.05) is 29.8 Å².